The summed E-state index contributed by atoms with van der Waals surface area (Å²) in [5.41, 5.74) is 2.73. The van der Waals surface area contributed by atoms with Crippen molar-refractivity contribution >= 4 is 40.4 Å². The molecule has 0 nitrogen and oxygen atoms in total. The molecular formula is C4H10BrClSi2. The summed E-state index contributed by atoms with van der Waals surface area (Å²) < 4.78 is 0. The van der Waals surface area contributed by atoms with Crippen LogP contribution in [0.2, 0.25) is 24.4 Å². The first-order valence-corrected chi connectivity index (χ1v) is 11.9. The molecule has 1 aliphatic heterocycles. The molecular weight excluding hydrogens is 220 g/mol. The van der Waals surface area contributed by atoms with Gasteiger partial charge in [0.2, 0.25) is 0 Å². The molecule has 0 aliphatic carbocycles. The predicted octanol–water partition coefficient (Wildman–Crippen LogP) is 2.86. The number of hydrogen-bond donors (Lipinski definition) is 0. The first kappa shape index (κ1) is 7.31. The topological polar surface area (TPSA) is 0 Å². The second-order valence-corrected chi connectivity index (χ2v) is 20.1. The van der Waals surface area contributed by atoms with Gasteiger partial charge in [-0.2, -0.15) is 11.1 Å². The van der Waals surface area contributed by atoms with E-state index in [0.29, 0.717) is 0 Å². The molecule has 0 aromatic rings. The Labute approximate surface area is 64.9 Å². The zero-order chi connectivity index (χ0) is 6.41. The lowest BCUT2D eigenvalue weighted by Gasteiger charge is -2.41. The Morgan fingerprint density at radius 2 is 1.75 bits per heavy atom. The standard InChI is InChI=1S/C4H10BrClSi2/c1-7(5)3-8(2,6)4-7/h3-4H2,1-2H3. The van der Waals surface area contributed by atoms with E-state index in [9.17, 15) is 0 Å². The molecule has 0 spiro atoms. The second-order valence-electron chi connectivity index (χ2n) is 3.18. The highest BCUT2D eigenvalue weighted by Gasteiger charge is 2.49. The van der Waals surface area contributed by atoms with Gasteiger partial charge in [-0.05, 0) is 11.3 Å². The Hall–Kier alpha value is 1.20. The summed E-state index contributed by atoms with van der Waals surface area (Å²) in [6, 6.07) is 0. The van der Waals surface area contributed by atoms with Crippen LogP contribution in [-0.2, 0) is 0 Å². The molecule has 0 aromatic heterocycles. The van der Waals surface area contributed by atoms with Crippen LogP contribution >= 0.6 is 26.4 Å². The van der Waals surface area contributed by atoms with Crippen molar-refractivity contribution < 1.29 is 0 Å². The summed E-state index contributed by atoms with van der Waals surface area (Å²) >= 11 is 9.86. The molecule has 0 radical (unpaired) electrons. The van der Waals surface area contributed by atoms with E-state index in [4.69, 9.17) is 11.1 Å². The highest BCUT2D eigenvalue weighted by atomic mass is 79.9. The van der Waals surface area contributed by atoms with E-state index in [2.05, 4.69) is 28.4 Å². The quantitative estimate of drug-likeness (QED) is 0.443. The largest absolute Gasteiger partial charge is 0.168 e. The van der Waals surface area contributed by atoms with Crippen LogP contribution in [0.5, 0.6) is 0 Å². The van der Waals surface area contributed by atoms with Crippen molar-refractivity contribution in [3.63, 3.8) is 0 Å². The third kappa shape index (κ3) is 1.59. The lowest BCUT2D eigenvalue weighted by molar-refractivity contribution is 1.48. The normalized spacial score (nSPS) is 55.5. The zero-order valence-corrected chi connectivity index (χ0v) is 9.51. The Morgan fingerprint density at radius 3 is 1.75 bits per heavy atom. The van der Waals surface area contributed by atoms with E-state index in [1.165, 1.54) is 11.3 Å². The molecule has 1 heterocycles. The summed E-state index contributed by atoms with van der Waals surface area (Å²) in [5.74, 6) is 0. The van der Waals surface area contributed by atoms with Gasteiger partial charge in [0, 0.05) is 0 Å². The summed E-state index contributed by atoms with van der Waals surface area (Å²) in [6.45, 7) is 3.76. The minimum absolute atomic E-state index is 0.844. The van der Waals surface area contributed by atoms with Crippen LogP contribution in [-0.4, -0.2) is 14.1 Å². The van der Waals surface area contributed by atoms with Gasteiger partial charge in [-0.1, -0.05) is 13.1 Å². The van der Waals surface area contributed by atoms with Crippen molar-refractivity contribution in [3.05, 3.63) is 0 Å². The highest BCUT2D eigenvalue weighted by molar-refractivity contribution is 9.26. The van der Waals surface area contributed by atoms with Crippen molar-refractivity contribution in [1.82, 2.24) is 0 Å². The average molecular weight is 230 g/mol. The number of halogens is 2. The summed E-state index contributed by atoms with van der Waals surface area (Å²) in [5, 5.41) is 0. The van der Waals surface area contributed by atoms with Crippen LogP contribution in [0.3, 0.4) is 0 Å². The zero-order valence-electron chi connectivity index (χ0n) is 5.17. The lowest BCUT2D eigenvalue weighted by atomic mass is 11.7. The minimum atomic E-state index is -1.10. The SMILES string of the molecule is C[Si]1(Cl)C[Si](C)(Br)C1. The van der Waals surface area contributed by atoms with E-state index in [-0.39, 0.29) is 0 Å². The number of rotatable bonds is 0. The van der Waals surface area contributed by atoms with Crippen molar-refractivity contribution in [3.8, 4) is 0 Å². The van der Waals surface area contributed by atoms with Gasteiger partial charge in [-0.3, -0.25) is 0 Å². The van der Waals surface area contributed by atoms with Crippen molar-refractivity contribution in [2.45, 2.75) is 24.4 Å². The molecule has 48 valence electrons. The van der Waals surface area contributed by atoms with Crippen molar-refractivity contribution in [2.75, 3.05) is 0 Å². The van der Waals surface area contributed by atoms with E-state index >= 15 is 0 Å². The molecule has 0 atom stereocenters. The lowest BCUT2D eigenvalue weighted by Crippen LogP contribution is -2.51. The smallest absolute Gasteiger partial charge is 0.150 e. The molecule has 1 aliphatic rings. The molecule has 1 rings (SSSR count). The maximum atomic E-state index is 6.13. The van der Waals surface area contributed by atoms with Gasteiger partial charge in [-0.25, -0.2) is 0 Å². The van der Waals surface area contributed by atoms with Crippen molar-refractivity contribution in [2.24, 2.45) is 0 Å². The van der Waals surface area contributed by atoms with Gasteiger partial charge in [0.1, 0.15) is 14.1 Å². The predicted molar refractivity (Wildman–Crippen MR) is 47.6 cm³/mol. The Kier molecular flexibility index (Phi) is 1.68. The van der Waals surface area contributed by atoms with Gasteiger partial charge in [0.05, 0.1) is 0 Å². The van der Waals surface area contributed by atoms with E-state index < -0.39 is 14.1 Å². The molecule has 0 amide bonds. The van der Waals surface area contributed by atoms with Gasteiger partial charge in [0.15, 0.2) is 0 Å². The third-order valence-electron chi connectivity index (χ3n) is 1.47. The highest BCUT2D eigenvalue weighted by Crippen LogP contribution is 2.45. The molecule has 1 fully saturated rings. The molecule has 0 saturated carbocycles. The van der Waals surface area contributed by atoms with Gasteiger partial charge < -0.3 is 0 Å². The van der Waals surface area contributed by atoms with Gasteiger partial charge in [0.25, 0.3) is 0 Å². The van der Waals surface area contributed by atoms with E-state index in [1.54, 1.807) is 0 Å². The summed E-state index contributed by atoms with van der Waals surface area (Å²) in [7, 11) is -1.10. The van der Waals surface area contributed by atoms with E-state index in [1.807, 2.05) is 0 Å². The fraction of sp³-hybridized carbons (Fsp3) is 1.00. The van der Waals surface area contributed by atoms with Gasteiger partial charge >= 0.3 is 0 Å². The van der Waals surface area contributed by atoms with Crippen LogP contribution in [0.1, 0.15) is 0 Å². The Morgan fingerprint density at radius 1 is 1.38 bits per heavy atom. The maximum absolute atomic E-state index is 6.13. The first-order valence-electron chi connectivity index (χ1n) is 2.79. The fourth-order valence-corrected chi connectivity index (χ4v) is 32.7. The molecule has 0 N–H and O–H groups in total. The summed E-state index contributed by atoms with van der Waals surface area (Å²) in [6.07, 6.45) is 0. The molecule has 0 aromatic carbocycles. The van der Waals surface area contributed by atoms with E-state index in [0.717, 1.165) is 0 Å². The average Bonchev–Trinajstić information content (AvgIpc) is 1.20. The third-order valence-corrected chi connectivity index (χ3v) is 20.7. The monoisotopic (exact) mass is 228 g/mol. The molecule has 4 heteroatoms. The Bertz CT molecular complexity index is 90.6. The van der Waals surface area contributed by atoms with Gasteiger partial charge in [-0.15, -0.1) is 15.3 Å². The molecule has 8 heavy (non-hydrogen) atoms. The molecule has 1 saturated heterocycles. The van der Waals surface area contributed by atoms with Crippen molar-refractivity contribution in [1.29, 1.82) is 0 Å². The van der Waals surface area contributed by atoms with Crippen LogP contribution in [0.4, 0.5) is 0 Å². The minimum Gasteiger partial charge on any atom is -0.168 e. The van der Waals surface area contributed by atoms with Crippen LogP contribution in [0, 0.1) is 0 Å². The Balaban J connectivity index is 2.42. The second kappa shape index (κ2) is 1.84. The first-order chi connectivity index (χ1) is 3.41. The van der Waals surface area contributed by atoms with Crippen LogP contribution in [0.15, 0.2) is 0 Å². The maximum Gasteiger partial charge on any atom is 0.150 e. The fourth-order valence-electron chi connectivity index (χ4n) is 1.49. The molecule has 0 unspecified atom stereocenters. The number of hydrogen-bond acceptors (Lipinski definition) is 0. The summed E-state index contributed by atoms with van der Waals surface area (Å²) in [4.78, 5) is 0. The van der Waals surface area contributed by atoms with Crippen LogP contribution < -0.4 is 0 Å². The molecule has 0 bridgehead atoms. The van der Waals surface area contributed by atoms with Crippen LogP contribution in [0.25, 0.3) is 0 Å².